The average Bonchev–Trinajstić information content (AvgIpc) is 3.10. The quantitative estimate of drug-likeness (QED) is 0.0425. The van der Waals surface area contributed by atoms with Crippen molar-refractivity contribution in [1.82, 2.24) is 0 Å². The summed E-state index contributed by atoms with van der Waals surface area (Å²) in [7, 11) is 0. The molecule has 3 heteroatoms. The van der Waals surface area contributed by atoms with Crippen molar-refractivity contribution in [3.8, 4) is 0 Å². The number of hydrogen-bond acceptors (Lipinski definition) is 2. The van der Waals surface area contributed by atoms with Gasteiger partial charge in [0.25, 0.3) is 0 Å². The molecule has 2 nitrogen and oxygen atoms in total. The molecule has 0 saturated heterocycles. The number of aliphatic imine (C=N–C) groups is 2. The maximum absolute atomic E-state index is 5.07. The first kappa shape index (κ1) is 44.0. The van der Waals surface area contributed by atoms with E-state index in [0.29, 0.717) is 0 Å². The minimum absolute atomic E-state index is 0. The Bertz CT molecular complexity index is 1040. The SMILES string of the molecule is CCCCCCCCCCCCCCCCCCCCCCCC/C=C/C(=N\c1ccccc1)C(/CCCCC)=N/c1ccccc1.[Ni]. The van der Waals surface area contributed by atoms with Crippen molar-refractivity contribution in [2.45, 2.75) is 187 Å². The predicted molar refractivity (Wildman–Crippen MR) is 212 cm³/mol. The Morgan fingerprint density at radius 1 is 0.438 bits per heavy atom. The van der Waals surface area contributed by atoms with E-state index in [4.69, 9.17) is 9.98 Å². The van der Waals surface area contributed by atoms with Crippen molar-refractivity contribution in [2.24, 2.45) is 9.98 Å². The number of benzene rings is 2. The number of nitrogens with zero attached hydrogens (tertiary/aromatic N) is 2. The van der Waals surface area contributed by atoms with Crippen molar-refractivity contribution in [2.75, 3.05) is 0 Å². The fourth-order valence-electron chi connectivity index (χ4n) is 6.35. The van der Waals surface area contributed by atoms with Gasteiger partial charge >= 0.3 is 0 Å². The van der Waals surface area contributed by atoms with Gasteiger partial charge in [0.1, 0.15) is 0 Å². The van der Waals surface area contributed by atoms with Gasteiger partial charge < -0.3 is 0 Å². The van der Waals surface area contributed by atoms with Crippen molar-refractivity contribution in [3.05, 3.63) is 72.8 Å². The Labute approximate surface area is 308 Å². The Morgan fingerprint density at radius 2 is 0.792 bits per heavy atom. The molecule has 0 N–H and O–H groups in total. The van der Waals surface area contributed by atoms with Gasteiger partial charge in [0.2, 0.25) is 0 Å². The molecule has 0 aliphatic carbocycles. The second kappa shape index (κ2) is 33.5. The van der Waals surface area contributed by atoms with E-state index >= 15 is 0 Å². The van der Waals surface area contributed by atoms with E-state index in [9.17, 15) is 0 Å². The second-order valence-corrected chi connectivity index (χ2v) is 13.8. The smallest absolute Gasteiger partial charge is 0.0848 e. The van der Waals surface area contributed by atoms with Crippen LogP contribution >= 0.6 is 0 Å². The number of hydrogen-bond donors (Lipinski definition) is 0. The maximum Gasteiger partial charge on any atom is 0.0848 e. The zero-order chi connectivity index (χ0) is 33.3. The van der Waals surface area contributed by atoms with E-state index < -0.39 is 0 Å². The minimum Gasteiger partial charge on any atom is -0.251 e. The number of allylic oxidation sites excluding steroid dienone is 2. The van der Waals surface area contributed by atoms with Crippen LogP contribution < -0.4 is 0 Å². The van der Waals surface area contributed by atoms with Gasteiger partial charge in [0, 0.05) is 16.5 Å². The Morgan fingerprint density at radius 3 is 1.21 bits per heavy atom. The standard InChI is InChI=1S/C45H72N2.Ni/c1-3-5-7-8-9-10-11-12-13-14-15-16-17-18-19-20-21-22-23-24-25-26-27-35-41-45(47-43-38-33-29-34-39-43)44(40-30-6-4-2)46-42-36-31-28-32-37-42;/h28-29,31-39,41H,3-27,30,40H2,1-2H3;/b41-35+,46-44+,47-45+;. The van der Waals surface area contributed by atoms with Crippen molar-refractivity contribution in [3.63, 3.8) is 0 Å². The molecule has 0 radical (unpaired) electrons. The first-order valence-corrected chi connectivity index (χ1v) is 20.3. The molecule has 0 amide bonds. The number of para-hydroxylation sites is 2. The molecular formula is C45H72N2Ni. The van der Waals surface area contributed by atoms with Crippen LogP contribution in [0.15, 0.2) is 82.8 Å². The van der Waals surface area contributed by atoms with Crippen LogP contribution in [-0.4, -0.2) is 11.4 Å². The monoisotopic (exact) mass is 699 g/mol. The van der Waals surface area contributed by atoms with E-state index in [1.165, 1.54) is 154 Å². The second-order valence-electron chi connectivity index (χ2n) is 13.8. The van der Waals surface area contributed by atoms with Gasteiger partial charge in [-0.3, -0.25) is 4.99 Å². The summed E-state index contributed by atoms with van der Waals surface area (Å²) in [6, 6.07) is 20.7. The molecule has 2 aromatic rings. The summed E-state index contributed by atoms with van der Waals surface area (Å²) in [6.45, 7) is 4.56. The van der Waals surface area contributed by atoms with Gasteiger partial charge in [-0.05, 0) is 56.0 Å². The first-order valence-electron chi connectivity index (χ1n) is 20.3. The van der Waals surface area contributed by atoms with E-state index in [2.05, 4.69) is 86.7 Å². The molecule has 0 saturated carbocycles. The van der Waals surface area contributed by atoms with Crippen molar-refractivity contribution >= 4 is 22.8 Å². The summed E-state index contributed by atoms with van der Waals surface area (Å²) in [5, 5.41) is 0. The summed E-state index contributed by atoms with van der Waals surface area (Å²) in [6.07, 6.45) is 41.7. The summed E-state index contributed by atoms with van der Waals surface area (Å²) < 4.78 is 0. The van der Waals surface area contributed by atoms with Crippen molar-refractivity contribution < 1.29 is 16.5 Å². The third kappa shape index (κ3) is 25.1. The van der Waals surface area contributed by atoms with Gasteiger partial charge in [-0.2, -0.15) is 0 Å². The molecule has 0 aliphatic heterocycles. The van der Waals surface area contributed by atoms with Crippen LogP contribution in [0.5, 0.6) is 0 Å². The molecule has 0 atom stereocenters. The first-order chi connectivity index (χ1) is 23.3. The van der Waals surface area contributed by atoms with Gasteiger partial charge in [-0.15, -0.1) is 0 Å². The molecule has 0 spiro atoms. The van der Waals surface area contributed by atoms with Crippen LogP contribution in [-0.2, 0) is 16.5 Å². The zero-order valence-electron chi connectivity index (χ0n) is 31.2. The Kier molecular flexibility index (Phi) is 30.7. The third-order valence-corrected chi connectivity index (χ3v) is 9.34. The number of unbranched alkanes of at least 4 members (excludes halogenated alkanes) is 24. The van der Waals surface area contributed by atoms with Crippen LogP contribution in [0.4, 0.5) is 11.4 Å². The van der Waals surface area contributed by atoms with Crippen LogP contribution in [0.2, 0.25) is 0 Å². The summed E-state index contributed by atoms with van der Waals surface area (Å²) in [5.74, 6) is 0. The molecule has 272 valence electrons. The van der Waals surface area contributed by atoms with Crippen molar-refractivity contribution in [1.29, 1.82) is 0 Å². The molecule has 2 rings (SSSR count). The summed E-state index contributed by atoms with van der Waals surface area (Å²) in [4.78, 5) is 10.1. The van der Waals surface area contributed by atoms with E-state index in [0.717, 1.165) is 42.1 Å². The van der Waals surface area contributed by atoms with E-state index in [1.54, 1.807) is 0 Å². The fourth-order valence-corrected chi connectivity index (χ4v) is 6.35. The minimum atomic E-state index is 0. The van der Waals surface area contributed by atoms with Crippen LogP contribution in [0.3, 0.4) is 0 Å². The Hall–Kier alpha value is -1.99. The van der Waals surface area contributed by atoms with Crippen LogP contribution in [0, 0.1) is 0 Å². The molecular weight excluding hydrogens is 627 g/mol. The molecule has 0 heterocycles. The zero-order valence-corrected chi connectivity index (χ0v) is 32.2. The normalized spacial score (nSPS) is 12.1. The molecule has 0 fully saturated rings. The van der Waals surface area contributed by atoms with Crippen LogP contribution in [0.1, 0.15) is 187 Å². The largest absolute Gasteiger partial charge is 0.251 e. The molecule has 0 bridgehead atoms. The molecule has 48 heavy (non-hydrogen) atoms. The summed E-state index contributed by atoms with van der Waals surface area (Å²) in [5.41, 5.74) is 4.11. The van der Waals surface area contributed by atoms with Crippen LogP contribution in [0.25, 0.3) is 0 Å². The van der Waals surface area contributed by atoms with Gasteiger partial charge in [-0.25, -0.2) is 4.99 Å². The van der Waals surface area contributed by atoms with E-state index in [1.807, 2.05) is 0 Å². The third-order valence-electron chi connectivity index (χ3n) is 9.34. The molecule has 0 unspecified atom stereocenters. The molecule has 2 aromatic carbocycles. The molecule has 0 aromatic heterocycles. The average molecular weight is 700 g/mol. The van der Waals surface area contributed by atoms with Gasteiger partial charge in [0.15, 0.2) is 0 Å². The summed E-state index contributed by atoms with van der Waals surface area (Å²) >= 11 is 0. The maximum atomic E-state index is 5.07. The van der Waals surface area contributed by atoms with Gasteiger partial charge in [0.05, 0.1) is 22.8 Å². The number of rotatable bonds is 31. The van der Waals surface area contributed by atoms with E-state index in [-0.39, 0.29) is 16.5 Å². The molecule has 0 aliphatic rings. The fraction of sp³-hybridized carbons (Fsp3) is 0.644. The van der Waals surface area contributed by atoms with Gasteiger partial charge in [-0.1, -0.05) is 204 Å². The Balaban J connectivity index is 0.0000115. The predicted octanol–water partition coefficient (Wildman–Crippen LogP) is 15.7. The topological polar surface area (TPSA) is 24.7 Å².